The van der Waals surface area contributed by atoms with Crippen LogP contribution in [0.3, 0.4) is 0 Å². The van der Waals surface area contributed by atoms with Crippen molar-refractivity contribution in [2.45, 2.75) is 64.4 Å². The van der Waals surface area contributed by atoms with Gasteiger partial charge in [-0.25, -0.2) is 13.4 Å². The van der Waals surface area contributed by atoms with E-state index in [9.17, 15) is 23.1 Å². The predicted octanol–water partition coefficient (Wildman–Crippen LogP) is 3.53. The van der Waals surface area contributed by atoms with Crippen LogP contribution in [0.15, 0.2) is 66.3 Å². The number of rotatable bonds is 14. The maximum absolute atomic E-state index is 14.0. The molecule has 2 amide bonds. The first kappa shape index (κ1) is 35.2. The molecule has 0 aliphatic carbocycles. The first-order valence-corrected chi connectivity index (χ1v) is 18.7. The predicted molar refractivity (Wildman–Crippen MR) is 187 cm³/mol. The average Bonchev–Trinajstić information content (AvgIpc) is 3.84. The normalized spacial score (nSPS) is 16.1. The molecule has 3 N–H and O–H groups in total. The topological polar surface area (TPSA) is 150 Å². The highest BCUT2D eigenvalue weighted by atomic mass is 32.2. The Bertz CT molecular complexity index is 1830. The number of benzene rings is 2. The molecule has 3 heterocycles. The molecule has 14 heteroatoms. The minimum atomic E-state index is -3.71. The zero-order valence-electron chi connectivity index (χ0n) is 27.7. The average molecular weight is 694 g/mol. The van der Waals surface area contributed by atoms with Crippen molar-refractivity contribution in [3.05, 3.63) is 99.3 Å². The van der Waals surface area contributed by atoms with Crippen molar-refractivity contribution in [2.24, 2.45) is 0 Å². The molecule has 256 valence electrons. The molecule has 1 saturated heterocycles. The lowest BCUT2D eigenvalue weighted by molar-refractivity contribution is 0.0735. The third-order valence-electron chi connectivity index (χ3n) is 8.50. The van der Waals surface area contributed by atoms with Crippen LogP contribution >= 0.6 is 11.3 Å². The van der Waals surface area contributed by atoms with Crippen LogP contribution in [0.25, 0.3) is 0 Å². The summed E-state index contributed by atoms with van der Waals surface area (Å²) >= 11 is 1.51. The molecular formula is C34H43N7O5S2. The molecular weight excluding hydrogens is 651 g/mol. The van der Waals surface area contributed by atoms with Crippen molar-refractivity contribution >= 4 is 38.9 Å². The minimum absolute atomic E-state index is 0.109. The molecule has 5 rings (SSSR count). The number of aliphatic hydroxyl groups excluding tert-OH is 1. The number of aliphatic hydroxyl groups is 1. The Labute approximate surface area is 285 Å². The molecule has 2 aromatic heterocycles. The molecule has 0 saturated carbocycles. The van der Waals surface area contributed by atoms with Gasteiger partial charge in [0.2, 0.25) is 10.0 Å². The second-order valence-corrected chi connectivity index (χ2v) is 15.1. The summed E-state index contributed by atoms with van der Waals surface area (Å²) in [6.45, 7) is 5.89. The number of hydrogen-bond donors (Lipinski definition) is 3. The summed E-state index contributed by atoms with van der Waals surface area (Å²) in [5.41, 5.74) is 3.27. The standard InChI is InChI=1S/C34H43N7O5S2/c1-5-40-21-25(19-36-40)18-35-20-31(42)29(14-24-10-7-6-8-11-24)38-32(43)26-15-27(17-28(16-26)39(3)48(4,45)46)34(44)41-13-9-12-30(41)33-37-23(2)22-47-33/h6-8,10-11,15-17,19,21-22,29-31,35,42H,5,9,12-14,18,20H2,1-4H3,(H,38,43)/t29-,30+,31+/m0/s1. The highest BCUT2D eigenvalue weighted by Crippen LogP contribution is 2.35. The monoisotopic (exact) mass is 693 g/mol. The molecule has 12 nitrogen and oxygen atoms in total. The van der Waals surface area contributed by atoms with Gasteiger partial charge in [-0.15, -0.1) is 11.3 Å². The smallest absolute Gasteiger partial charge is 0.254 e. The summed E-state index contributed by atoms with van der Waals surface area (Å²) < 4.78 is 28.0. The van der Waals surface area contributed by atoms with Gasteiger partial charge < -0.3 is 20.6 Å². The van der Waals surface area contributed by atoms with E-state index < -0.39 is 28.1 Å². The number of carbonyl (C=O) groups excluding carboxylic acids is 2. The first-order valence-electron chi connectivity index (χ1n) is 16.0. The number of thiazole rings is 1. The fraction of sp³-hybridized carbons (Fsp3) is 0.412. The van der Waals surface area contributed by atoms with Crippen LogP contribution in [0, 0.1) is 6.92 Å². The van der Waals surface area contributed by atoms with Crippen LogP contribution in [-0.4, -0.2) is 83.5 Å². The third-order valence-corrected chi connectivity index (χ3v) is 10.8. The molecule has 0 unspecified atom stereocenters. The molecule has 1 aliphatic heterocycles. The molecule has 0 radical (unpaired) electrons. The molecule has 0 spiro atoms. The van der Waals surface area contributed by atoms with Crippen LogP contribution in [0.4, 0.5) is 5.69 Å². The van der Waals surface area contributed by atoms with Gasteiger partial charge in [0.1, 0.15) is 5.01 Å². The Morgan fingerprint density at radius 1 is 1.15 bits per heavy atom. The molecule has 1 aliphatic rings. The van der Waals surface area contributed by atoms with Gasteiger partial charge in [-0.1, -0.05) is 30.3 Å². The maximum Gasteiger partial charge on any atom is 0.254 e. The highest BCUT2D eigenvalue weighted by Gasteiger charge is 2.33. The largest absolute Gasteiger partial charge is 0.390 e. The highest BCUT2D eigenvalue weighted by molar-refractivity contribution is 7.92. The van der Waals surface area contributed by atoms with Gasteiger partial charge in [-0.05, 0) is 56.9 Å². The maximum atomic E-state index is 14.0. The van der Waals surface area contributed by atoms with E-state index in [0.29, 0.717) is 19.5 Å². The summed E-state index contributed by atoms with van der Waals surface area (Å²) in [5, 5.41) is 24.6. The summed E-state index contributed by atoms with van der Waals surface area (Å²) in [6.07, 6.45) is 5.72. The summed E-state index contributed by atoms with van der Waals surface area (Å²) in [6, 6.07) is 13.1. The van der Waals surface area contributed by atoms with E-state index in [2.05, 4.69) is 20.7 Å². The van der Waals surface area contributed by atoms with Crippen molar-refractivity contribution in [2.75, 3.05) is 30.7 Å². The first-order chi connectivity index (χ1) is 22.9. The van der Waals surface area contributed by atoms with E-state index in [0.717, 1.165) is 51.8 Å². The zero-order valence-corrected chi connectivity index (χ0v) is 29.3. The fourth-order valence-electron chi connectivity index (χ4n) is 5.78. The lowest BCUT2D eigenvalue weighted by Gasteiger charge is -2.26. The van der Waals surface area contributed by atoms with Crippen LogP contribution in [0.2, 0.25) is 0 Å². The van der Waals surface area contributed by atoms with Crippen molar-refractivity contribution < 1.29 is 23.1 Å². The Hall–Kier alpha value is -4.11. The van der Waals surface area contributed by atoms with E-state index in [1.165, 1.54) is 36.6 Å². The van der Waals surface area contributed by atoms with Crippen LogP contribution in [-0.2, 0) is 29.5 Å². The zero-order chi connectivity index (χ0) is 34.4. The quantitative estimate of drug-likeness (QED) is 0.182. The van der Waals surface area contributed by atoms with Crippen molar-refractivity contribution in [1.82, 2.24) is 30.3 Å². The summed E-state index contributed by atoms with van der Waals surface area (Å²) in [4.78, 5) is 34.3. The lowest BCUT2D eigenvalue weighted by atomic mass is 10.00. The molecule has 4 aromatic rings. The molecule has 2 aromatic carbocycles. The number of nitrogens with zero attached hydrogens (tertiary/aromatic N) is 5. The van der Waals surface area contributed by atoms with Crippen LogP contribution in [0.5, 0.6) is 0 Å². The number of hydrogen-bond acceptors (Lipinski definition) is 9. The lowest BCUT2D eigenvalue weighted by Crippen LogP contribution is -2.48. The number of aryl methyl sites for hydroxylation is 2. The van der Waals surface area contributed by atoms with Gasteiger partial charge in [0.05, 0.1) is 36.3 Å². The van der Waals surface area contributed by atoms with Crippen molar-refractivity contribution in [3.63, 3.8) is 0 Å². The number of aromatic nitrogens is 3. The van der Waals surface area contributed by atoms with Gasteiger partial charge in [0.15, 0.2) is 0 Å². The third kappa shape index (κ3) is 8.67. The Kier molecular flexibility index (Phi) is 11.3. The van der Waals surface area contributed by atoms with Crippen LogP contribution < -0.4 is 14.9 Å². The van der Waals surface area contributed by atoms with E-state index in [4.69, 9.17) is 0 Å². The second-order valence-electron chi connectivity index (χ2n) is 12.2. The molecule has 0 bridgehead atoms. The fourth-order valence-corrected chi connectivity index (χ4v) is 7.21. The number of likely N-dealkylation sites (tertiary alicyclic amines) is 1. The Morgan fingerprint density at radius 2 is 1.90 bits per heavy atom. The molecule has 48 heavy (non-hydrogen) atoms. The number of anilines is 1. The van der Waals surface area contributed by atoms with Gasteiger partial charge in [0.25, 0.3) is 11.8 Å². The molecule has 3 atom stereocenters. The summed E-state index contributed by atoms with van der Waals surface area (Å²) in [7, 11) is -2.32. The number of amides is 2. The van der Waals surface area contributed by atoms with Gasteiger partial charge in [-0.3, -0.25) is 18.6 Å². The number of sulfonamides is 1. The summed E-state index contributed by atoms with van der Waals surface area (Å²) in [5.74, 6) is -0.842. The number of carbonyl (C=O) groups is 2. The second kappa shape index (κ2) is 15.4. The SMILES string of the molecule is CCn1cc(CNC[C@@H](O)[C@H](Cc2ccccc2)NC(=O)c2cc(C(=O)N3CCC[C@@H]3c3nc(C)cs3)cc(N(C)S(C)(=O)=O)c2)cn1. The van der Waals surface area contributed by atoms with Crippen molar-refractivity contribution in [1.29, 1.82) is 0 Å². The van der Waals surface area contributed by atoms with Crippen LogP contribution in [0.1, 0.15) is 68.4 Å². The Balaban J connectivity index is 1.40. The number of nitrogens with one attached hydrogen (secondary N) is 2. The van der Waals surface area contributed by atoms with Gasteiger partial charge in [0, 0.05) is 67.2 Å². The van der Waals surface area contributed by atoms with Crippen molar-refractivity contribution in [3.8, 4) is 0 Å². The molecule has 1 fully saturated rings. The van der Waals surface area contributed by atoms with E-state index in [-0.39, 0.29) is 35.3 Å². The van der Waals surface area contributed by atoms with E-state index in [1.54, 1.807) is 11.1 Å². The van der Waals surface area contributed by atoms with Gasteiger partial charge >= 0.3 is 0 Å². The van der Waals surface area contributed by atoms with E-state index >= 15 is 0 Å². The van der Waals surface area contributed by atoms with E-state index in [1.807, 2.05) is 60.4 Å². The Morgan fingerprint density at radius 3 is 2.56 bits per heavy atom. The van der Waals surface area contributed by atoms with Gasteiger partial charge in [-0.2, -0.15) is 5.10 Å². The minimum Gasteiger partial charge on any atom is -0.390 e.